The van der Waals surface area contributed by atoms with Gasteiger partial charge in [-0.15, -0.1) is 0 Å². The Kier molecular flexibility index (Phi) is 57.4. The number of nitrogens with one attached hydrogen (secondary N) is 1. The summed E-state index contributed by atoms with van der Waals surface area (Å²) in [4.78, 5) is 4.29. The van der Waals surface area contributed by atoms with E-state index in [9.17, 15) is 0 Å². The number of hydrogen-bond donors (Lipinski definition) is 1. The Balaban J connectivity index is -0.0000000450. The second-order valence-corrected chi connectivity index (χ2v) is 0.408. The van der Waals surface area contributed by atoms with Gasteiger partial charge in [0, 0.05) is 7.05 Å². The van der Waals surface area contributed by atoms with Crippen LogP contribution in [0.1, 0.15) is 14.9 Å². The van der Waals surface area contributed by atoms with Gasteiger partial charge in [-0.3, -0.25) is 0 Å². The highest BCUT2D eigenvalue weighted by molar-refractivity contribution is 3.76. The van der Waals surface area contributed by atoms with Crippen LogP contribution in [0.15, 0.2) is 0 Å². The van der Waals surface area contributed by atoms with E-state index in [1.54, 1.807) is 14.2 Å². The maximum Gasteiger partial charge on any atom is 0.0572 e. The SMILES string of the molecule is C.C.CNOC. The van der Waals surface area contributed by atoms with Crippen LogP contribution in [0.4, 0.5) is 0 Å². The molecule has 0 aromatic rings. The third-order valence-electron chi connectivity index (χ3n) is 0.204. The summed E-state index contributed by atoms with van der Waals surface area (Å²) in [6.45, 7) is 0. The maximum atomic E-state index is 4.29. The van der Waals surface area contributed by atoms with Crippen molar-refractivity contribution < 1.29 is 4.84 Å². The van der Waals surface area contributed by atoms with Crippen molar-refractivity contribution in [2.24, 2.45) is 0 Å². The van der Waals surface area contributed by atoms with Crippen LogP contribution in [0.5, 0.6) is 0 Å². The number of hydrogen-bond acceptors (Lipinski definition) is 2. The van der Waals surface area contributed by atoms with Crippen LogP contribution < -0.4 is 5.48 Å². The van der Waals surface area contributed by atoms with Crippen molar-refractivity contribution in [3.8, 4) is 0 Å². The molecule has 2 nitrogen and oxygen atoms in total. The average Bonchev–Trinajstić information content (AvgIpc) is 1.37. The van der Waals surface area contributed by atoms with Crippen LogP contribution >= 0.6 is 0 Å². The average molecular weight is 93.2 g/mol. The minimum Gasteiger partial charge on any atom is -0.305 e. The van der Waals surface area contributed by atoms with E-state index in [1.165, 1.54) is 0 Å². The Labute approximate surface area is 40.5 Å². The standard InChI is InChI=1S/C2H7NO.2CH4/c1-3-4-2;;/h3H,1-2H3;2*1H4. The molecule has 0 aromatic heterocycles. The molecule has 0 radical (unpaired) electrons. The molecule has 6 heavy (non-hydrogen) atoms. The first kappa shape index (κ1) is 16.8. The van der Waals surface area contributed by atoms with E-state index in [1.807, 2.05) is 0 Å². The highest BCUT2D eigenvalue weighted by Gasteiger charge is 1.45. The molecular formula is C4H15NO. The highest BCUT2D eigenvalue weighted by Crippen LogP contribution is 1.32. The molecule has 0 unspecified atom stereocenters. The molecule has 0 spiro atoms. The van der Waals surface area contributed by atoms with Gasteiger partial charge < -0.3 is 4.84 Å². The van der Waals surface area contributed by atoms with E-state index in [2.05, 4.69) is 10.3 Å². The fraction of sp³-hybridized carbons (Fsp3) is 1.00. The Morgan fingerprint density at radius 2 is 1.50 bits per heavy atom. The zero-order chi connectivity index (χ0) is 3.41. The van der Waals surface area contributed by atoms with Crippen molar-refractivity contribution in [2.45, 2.75) is 14.9 Å². The lowest BCUT2D eigenvalue weighted by molar-refractivity contribution is 0.112. The minimum atomic E-state index is 0. The van der Waals surface area contributed by atoms with Crippen molar-refractivity contribution in [1.82, 2.24) is 5.48 Å². The molecule has 0 atom stereocenters. The first-order valence-electron chi connectivity index (χ1n) is 1.11. The van der Waals surface area contributed by atoms with Crippen LogP contribution in [-0.4, -0.2) is 14.2 Å². The second-order valence-electron chi connectivity index (χ2n) is 0.408. The molecule has 1 N–H and O–H groups in total. The normalized spacial score (nSPS) is 5.00. The van der Waals surface area contributed by atoms with Gasteiger partial charge in [0.25, 0.3) is 0 Å². The van der Waals surface area contributed by atoms with Gasteiger partial charge in [-0.2, -0.15) is 0 Å². The summed E-state index contributed by atoms with van der Waals surface area (Å²) in [6.07, 6.45) is 0. The monoisotopic (exact) mass is 93.1 g/mol. The van der Waals surface area contributed by atoms with Gasteiger partial charge in [0.15, 0.2) is 0 Å². The molecule has 0 fully saturated rings. The predicted molar refractivity (Wildman–Crippen MR) is 29.5 cm³/mol. The van der Waals surface area contributed by atoms with Gasteiger partial charge in [-0.25, -0.2) is 5.48 Å². The molecule has 0 aliphatic rings. The van der Waals surface area contributed by atoms with Crippen molar-refractivity contribution in [1.29, 1.82) is 0 Å². The minimum absolute atomic E-state index is 0. The molecule has 0 aliphatic heterocycles. The van der Waals surface area contributed by atoms with Crippen molar-refractivity contribution in [3.63, 3.8) is 0 Å². The molecule has 2 heteroatoms. The third-order valence-corrected chi connectivity index (χ3v) is 0.204. The largest absolute Gasteiger partial charge is 0.305 e. The summed E-state index contributed by atoms with van der Waals surface area (Å²) in [5.41, 5.74) is 2.43. The molecule has 0 rings (SSSR count). The van der Waals surface area contributed by atoms with Gasteiger partial charge in [-0.05, 0) is 0 Å². The number of rotatable bonds is 1. The molecule has 0 bridgehead atoms. The molecule has 42 valence electrons. The maximum absolute atomic E-state index is 4.29. The van der Waals surface area contributed by atoms with E-state index in [4.69, 9.17) is 0 Å². The summed E-state index contributed by atoms with van der Waals surface area (Å²) in [5.74, 6) is 0. The van der Waals surface area contributed by atoms with Gasteiger partial charge in [0.1, 0.15) is 0 Å². The molecule has 0 saturated carbocycles. The second kappa shape index (κ2) is 20.5. The van der Waals surface area contributed by atoms with E-state index in [0.717, 1.165) is 0 Å². The Morgan fingerprint density at radius 1 is 1.33 bits per heavy atom. The lowest BCUT2D eigenvalue weighted by Gasteiger charge is -1.80. The van der Waals surface area contributed by atoms with Crippen LogP contribution in [0.2, 0.25) is 0 Å². The van der Waals surface area contributed by atoms with Gasteiger partial charge >= 0.3 is 0 Å². The van der Waals surface area contributed by atoms with E-state index in [0.29, 0.717) is 0 Å². The van der Waals surface area contributed by atoms with E-state index < -0.39 is 0 Å². The Bertz CT molecular complexity index is 9.51. The highest BCUT2D eigenvalue weighted by atomic mass is 16.6. The molecule has 0 amide bonds. The molecule has 0 heterocycles. The van der Waals surface area contributed by atoms with Crippen molar-refractivity contribution in [3.05, 3.63) is 0 Å². The summed E-state index contributed by atoms with van der Waals surface area (Å²) in [6, 6.07) is 0. The van der Waals surface area contributed by atoms with Crippen molar-refractivity contribution >= 4 is 0 Å². The zero-order valence-corrected chi connectivity index (χ0v) is 2.91. The summed E-state index contributed by atoms with van der Waals surface area (Å²) >= 11 is 0. The quantitative estimate of drug-likeness (QED) is 0.489. The first-order chi connectivity index (χ1) is 1.91. The smallest absolute Gasteiger partial charge is 0.0572 e. The fourth-order valence-electron chi connectivity index (χ4n) is 0. The van der Waals surface area contributed by atoms with Crippen molar-refractivity contribution in [2.75, 3.05) is 14.2 Å². The summed E-state index contributed by atoms with van der Waals surface area (Å²) in [5, 5.41) is 0. The molecule has 0 saturated heterocycles. The van der Waals surface area contributed by atoms with Crippen LogP contribution in [-0.2, 0) is 4.84 Å². The summed E-state index contributed by atoms with van der Waals surface area (Å²) < 4.78 is 0. The zero-order valence-electron chi connectivity index (χ0n) is 2.91. The van der Waals surface area contributed by atoms with Crippen LogP contribution in [0.3, 0.4) is 0 Å². The van der Waals surface area contributed by atoms with Crippen LogP contribution in [0.25, 0.3) is 0 Å². The topological polar surface area (TPSA) is 21.3 Å². The lowest BCUT2D eigenvalue weighted by Crippen LogP contribution is -2.00. The van der Waals surface area contributed by atoms with Gasteiger partial charge in [0.05, 0.1) is 7.11 Å². The van der Waals surface area contributed by atoms with Crippen LogP contribution in [0, 0.1) is 0 Å². The number of hydroxylamine groups is 1. The molecule has 0 aliphatic carbocycles. The lowest BCUT2D eigenvalue weighted by atomic mass is 11.5. The van der Waals surface area contributed by atoms with E-state index in [-0.39, 0.29) is 14.9 Å². The van der Waals surface area contributed by atoms with Gasteiger partial charge in [0.2, 0.25) is 0 Å². The van der Waals surface area contributed by atoms with Gasteiger partial charge in [-0.1, -0.05) is 14.9 Å². The third kappa shape index (κ3) is 39.5. The summed E-state index contributed by atoms with van der Waals surface area (Å²) in [7, 11) is 3.28. The first-order valence-corrected chi connectivity index (χ1v) is 1.11. The Hall–Kier alpha value is -0.0800. The molecular weight excluding hydrogens is 78.0 g/mol. The van der Waals surface area contributed by atoms with E-state index >= 15 is 0 Å². The Morgan fingerprint density at radius 3 is 1.50 bits per heavy atom. The predicted octanol–water partition coefficient (Wildman–Crippen LogP) is 1.04. The molecule has 0 aromatic carbocycles. The fourth-order valence-corrected chi connectivity index (χ4v) is 0.